The summed E-state index contributed by atoms with van der Waals surface area (Å²) >= 11 is 4.96. The van der Waals surface area contributed by atoms with Crippen LogP contribution in [-0.2, 0) is 0 Å². The van der Waals surface area contributed by atoms with E-state index in [2.05, 4.69) is 31.4 Å². The molecule has 0 aromatic heterocycles. The number of hydrogen-bond acceptors (Lipinski definition) is 1. The molecule has 0 aliphatic rings. The second kappa shape index (κ2) is 5.35. The SMILES string of the molecule is CNC(=S)NC(C)CC(C)C. The lowest BCUT2D eigenvalue weighted by Gasteiger charge is -2.16. The summed E-state index contributed by atoms with van der Waals surface area (Å²) in [5.41, 5.74) is 0. The fraction of sp³-hybridized carbons (Fsp3) is 0.875. The summed E-state index contributed by atoms with van der Waals surface area (Å²) in [5.74, 6) is 0.720. The van der Waals surface area contributed by atoms with Gasteiger partial charge in [0.05, 0.1) is 0 Å². The van der Waals surface area contributed by atoms with E-state index >= 15 is 0 Å². The molecule has 0 heterocycles. The third-order valence-electron chi connectivity index (χ3n) is 1.43. The van der Waals surface area contributed by atoms with E-state index in [4.69, 9.17) is 12.2 Å². The van der Waals surface area contributed by atoms with Crippen molar-refractivity contribution in [3.63, 3.8) is 0 Å². The van der Waals surface area contributed by atoms with Crippen LogP contribution in [0.4, 0.5) is 0 Å². The van der Waals surface area contributed by atoms with Gasteiger partial charge in [-0.3, -0.25) is 0 Å². The maximum atomic E-state index is 4.96. The number of rotatable bonds is 3. The van der Waals surface area contributed by atoms with E-state index in [1.165, 1.54) is 0 Å². The van der Waals surface area contributed by atoms with Crippen molar-refractivity contribution in [2.75, 3.05) is 7.05 Å². The minimum Gasteiger partial charge on any atom is -0.366 e. The molecule has 0 amide bonds. The highest BCUT2D eigenvalue weighted by atomic mass is 32.1. The first-order valence-corrected chi connectivity index (χ1v) is 4.45. The van der Waals surface area contributed by atoms with Gasteiger partial charge in [-0.25, -0.2) is 0 Å². The number of thiocarbonyl (C=S) groups is 1. The Hall–Kier alpha value is -0.310. The Labute approximate surface area is 74.8 Å². The van der Waals surface area contributed by atoms with Crippen LogP contribution in [0.5, 0.6) is 0 Å². The fourth-order valence-electron chi connectivity index (χ4n) is 1.06. The first-order valence-electron chi connectivity index (χ1n) is 4.04. The highest BCUT2D eigenvalue weighted by molar-refractivity contribution is 7.80. The summed E-state index contributed by atoms with van der Waals surface area (Å²) in [4.78, 5) is 0. The Bertz CT molecular complexity index is 123. The molecule has 1 atom stereocenters. The minimum absolute atomic E-state index is 0.468. The van der Waals surface area contributed by atoms with Gasteiger partial charge >= 0.3 is 0 Å². The van der Waals surface area contributed by atoms with Crippen molar-refractivity contribution in [1.29, 1.82) is 0 Å². The summed E-state index contributed by atoms with van der Waals surface area (Å²) in [6.07, 6.45) is 1.15. The lowest BCUT2D eigenvalue weighted by Crippen LogP contribution is -2.39. The second-order valence-corrected chi connectivity index (χ2v) is 3.66. The van der Waals surface area contributed by atoms with Crippen molar-refractivity contribution in [3.05, 3.63) is 0 Å². The highest BCUT2D eigenvalue weighted by Gasteiger charge is 2.04. The zero-order chi connectivity index (χ0) is 8.85. The summed E-state index contributed by atoms with van der Waals surface area (Å²) in [5, 5.41) is 6.81. The van der Waals surface area contributed by atoms with E-state index in [9.17, 15) is 0 Å². The summed E-state index contributed by atoms with van der Waals surface area (Å²) in [7, 11) is 1.83. The topological polar surface area (TPSA) is 24.1 Å². The average Bonchev–Trinajstić information content (AvgIpc) is 1.85. The molecule has 2 nitrogen and oxygen atoms in total. The quantitative estimate of drug-likeness (QED) is 0.634. The molecule has 0 spiro atoms. The number of hydrogen-bond donors (Lipinski definition) is 2. The molecule has 0 rings (SSSR count). The van der Waals surface area contributed by atoms with Gasteiger partial charge in [0, 0.05) is 13.1 Å². The summed E-state index contributed by atoms with van der Waals surface area (Å²) < 4.78 is 0. The zero-order valence-corrected chi connectivity index (χ0v) is 8.59. The molecule has 0 saturated carbocycles. The monoisotopic (exact) mass is 174 g/mol. The van der Waals surface area contributed by atoms with Crippen molar-refractivity contribution in [3.8, 4) is 0 Å². The van der Waals surface area contributed by atoms with Gasteiger partial charge in [0.25, 0.3) is 0 Å². The van der Waals surface area contributed by atoms with Gasteiger partial charge in [-0.2, -0.15) is 0 Å². The van der Waals surface area contributed by atoms with Gasteiger partial charge in [0.15, 0.2) is 5.11 Å². The molecule has 3 heteroatoms. The zero-order valence-electron chi connectivity index (χ0n) is 7.77. The van der Waals surface area contributed by atoms with E-state index in [1.807, 2.05) is 7.05 Å². The van der Waals surface area contributed by atoms with E-state index in [-0.39, 0.29) is 0 Å². The Morgan fingerprint density at radius 1 is 1.36 bits per heavy atom. The molecule has 0 radical (unpaired) electrons. The van der Waals surface area contributed by atoms with Crippen LogP contribution in [0.1, 0.15) is 27.2 Å². The van der Waals surface area contributed by atoms with Crippen molar-refractivity contribution in [1.82, 2.24) is 10.6 Å². The minimum atomic E-state index is 0.468. The van der Waals surface area contributed by atoms with Crippen LogP contribution in [0.25, 0.3) is 0 Å². The molecule has 11 heavy (non-hydrogen) atoms. The molecular weight excluding hydrogens is 156 g/mol. The lowest BCUT2D eigenvalue weighted by molar-refractivity contribution is 0.490. The Kier molecular flexibility index (Phi) is 5.20. The molecule has 0 bridgehead atoms. The molecule has 2 N–H and O–H groups in total. The molecule has 0 fully saturated rings. The van der Waals surface area contributed by atoms with Gasteiger partial charge in [0.1, 0.15) is 0 Å². The van der Waals surface area contributed by atoms with Gasteiger partial charge < -0.3 is 10.6 Å². The Morgan fingerprint density at radius 2 is 1.91 bits per heavy atom. The Balaban J connectivity index is 3.51. The van der Waals surface area contributed by atoms with Gasteiger partial charge in [-0.05, 0) is 31.5 Å². The van der Waals surface area contributed by atoms with Crippen molar-refractivity contribution < 1.29 is 0 Å². The molecule has 1 unspecified atom stereocenters. The molecule has 0 aliphatic carbocycles. The molecular formula is C8H18N2S. The third-order valence-corrected chi connectivity index (χ3v) is 1.75. The van der Waals surface area contributed by atoms with E-state index in [0.717, 1.165) is 17.5 Å². The molecule has 0 aliphatic heterocycles. The molecule has 0 saturated heterocycles. The van der Waals surface area contributed by atoms with E-state index < -0.39 is 0 Å². The maximum absolute atomic E-state index is 4.96. The number of nitrogens with one attached hydrogen (secondary N) is 2. The average molecular weight is 174 g/mol. The van der Waals surface area contributed by atoms with E-state index in [1.54, 1.807) is 0 Å². The van der Waals surface area contributed by atoms with Gasteiger partial charge in [0.2, 0.25) is 0 Å². The lowest BCUT2D eigenvalue weighted by atomic mass is 10.1. The Morgan fingerprint density at radius 3 is 2.27 bits per heavy atom. The summed E-state index contributed by atoms with van der Waals surface area (Å²) in [6, 6.07) is 0.468. The largest absolute Gasteiger partial charge is 0.366 e. The first kappa shape index (κ1) is 10.7. The maximum Gasteiger partial charge on any atom is 0.166 e. The predicted octanol–water partition coefficient (Wildman–Crippen LogP) is 1.51. The second-order valence-electron chi connectivity index (χ2n) is 3.25. The smallest absolute Gasteiger partial charge is 0.166 e. The third kappa shape index (κ3) is 6.10. The van der Waals surface area contributed by atoms with Crippen molar-refractivity contribution in [2.45, 2.75) is 33.2 Å². The van der Waals surface area contributed by atoms with Crippen LogP contribution < -0.4 is 10.6 Å². The van der Waals surface area contributed by atoms with Gasteiger partial charge in [-0.15, -0.1) is 0 Å². The van der Waals surface area contributed by atoms with Crippen molar-refractivity contribution >= 4 is 17.3 Å². The van der Waals surface area contributed by atoms with Crippen LogP contribution in [0.3, 0.4) is 0 Å². The van der Waals surface area contributed by atoms with Crippen LogP contribution in [-0.4, -0.2) is 18.2 Å². The van der Waals surface area contributed by atoms with Crippen LogP contribution in [0.15, 0.2) is 0 Å². The van der Waals surface area contributed by atoms with Crippen molar-refractivity contribution in [2.24, 2.45) is 5.92 Å². The highest BCUT2D eigenvalue weighted by Crippen LogP contribution is 2.02. The predicted molar refractivity (Wildman–Crippen MR) is 53.7 cm³/mol. The van der Waals surface area contributed by atoms with Crippen LogP contribution in [0, 0.1) is 5.92 Å². The molecule has 66 valence electrons. The molecule has 0 aromatic carbocycles. The van der Waals surface area contributed by atoms with Gasteiger partial charge in [-0.1, -0.05) is 13.8 Å². The summed E-state index contributed by atoms with van der Waals surface area (Å²) in [6.45, 7) is 6.56. The molecule has 0 aromatic rings. The normalized spacial score (nSPS) is 12.8. The van der Waals surface area contributed by atoms with E-state index in [0.29, 0.717) is 6.04 Å². The fourth-order valence-corrected chi connectivity index (χ4v) is 1.26. The standard InChI is InChI=1S/C8H18N2S/c1-6(2)5-7(3)10-8(11)9-4/h6-7H,5H2,1-4H3,(H2,9,10,11). The van der Waals surface area contributed by atoms with Crippen LogP contribution >= 0.6 is 12.2 Å². The first-order chi connectivity index (χ1) is 5.06. The van der Waals surface area contributed by atoms with Crippen LogP contribution in [0.2, 0.25) is 0 Å².